The molecule has 158 valence electrons. The fraction of sp³-hybridized carbons (Fsp3) is 0.500. The van der Waals surface area contributed by atoms with E-state index in [1.54, 1.807) is 12.1 Å². The summed E-state index contributed by atoms with van der Waals surface area (Å²) in [6, 6.07) is 6.19. The number of anilines is 1. The van der Waals surface area contributed by atoms with Crippen LogP contribution in [0.4, 0.5) is 5.69 Å². The smallest absolute Gasteiger partial charge is 0.243 e. The molecule has 0 unspecified atom stereocenters. The highest BCUT2D eigenvalue weighted by molar-refractivity contribution is 7.99. The second-order valence-electron chi connectivity index (χ2n) is 6.93. The predicted molar refractivity (Wildman–Crippen MR) is 110 cm³/mol. The Morgan fingerprint density at radius 3 is 2.45 bits per heavy atom. The molecule has 0 radical (unpaired) electrons. The van der Waals surface area contributed by atoms with Gasteiger partial charge in [0.1, 0.15) is 5.82 Å². The van der Waals surface area contributed by atoms with Crippen LogP contribution in [-0.4, -0.2) is 65.5 Å². The van der Waals surface area contributed by atoms with E-state index in [4.69, 9.17) is 4.74 Å². The molecule has 1 aliphatic rings. The van der Waals surface area contributed by atoms with Crippen molar-refractivity contribution in [2.24, 2.45) is 7.05 Å². The van der Waals surface area contributed by atoms with Crippen molar-refractivity contribution in [1.82, 2.24) is 19.1 Å². The molecule has 0 saturated carbocycles. The Morgan fingerprint density at radius 1 is 1.21 bits per heavy atom. The van der Waals surface area contributed by atoms with Crippen molar-refractivity contribution in [3.05, 3.63) is 30.1 Å². The van der Waals surface area contributed by atoms with Crippen LogP contribution in [0.5, 0.6) is 0 Å². The van der Waals surface area contributed by atoms with Gasteiger partial charge in [0, 0.05) is 31.7 Å². The van der Waals surface area contributed by atoms with Crippen molar-refractivity contribution < 1.29 is 17.9 Å². The van der Waals surface area contributed by atoms with Crippen molar-refractivity contribution >= 4 is 33.4 Å². The first kappa shape index (κ1) is 21.8. The first-order valence-corrected chi connectivity index (χ1v) is 11.7. The monoisotopic (exact) mass is 439 g/mol. The van der Waals surface area contributed by atoms with Gasteiger partial charge in [0.2, 0.25) is 15.9 Å². The Hall–Kier alpha value is -1.95. The minimum atomic E-state index is -3.54. The quantitative estimate of drug-likeness (QED) is 0.654. The molecule has 1 amide bonds. The fourth-order valence-electron chi connectivity index (χ4n) is 2.93. The zero-order valence-electron chi connectivity index (χ0n) is 16.7. The lowest BCUT2D eigenvalue weighted by Crippen LogP contribution is -2.40. The minimum Gasteiger partial charge on any atom is -0.379 e. The second-order valence-corrected chi connectivity index (χ2v) is 9.81. The van der Waals surface area contributed by atoms with Crippen LogP contribution in [-0.2, 0) is 26.6 Å². The summed E-state index contributed by atoms with van der Waals surface area (Å²) >= 11 is 1.30. The van der Waals surface area contributed by atoms with Crippen LogP contribution in [0.15, 0.2) is 34.3 Å². The average Bonchev–Trinajstić information content (AvgIpc) is 3.08. The van der Waals surface area contributed by atoms with Crippen molar-refractivity contribution in [2.75, 3.05) is 37.4 Å². The number of nitrogens with zero attached hydrogens (tertiary/aromatic N) is 4. The summed E-state index contributed by atoms with van der Waals surface area (Å²) < 4.78 is 33.7. The van der Waals surface area contributed by atoms with Gasteiger partial charge in [-0.3, -0.25) is 4.79 Å². The molecular weight excluding hydrogens is 414 g/mol. The van der Waals surface area contributed by atoms with Crippen LogP contribution >= 0.6 is 11.8 Å². The van der Waals surface area contributed by atoms with Gasteiger partial charge in [0.15, 0.2) is 5.16 Å². The highest BCUT2D eigenvalue weighted by Gasteiger charge is 2.26. The molecule has 0 bridgehead atoms. The summed E-state index contributed by atoms with van der Waals surface area (Å²) in [5, 5.41) is 11.7. The van der Waals surface area contributed by atoms with Gasteiger partial charge in [-0.15, -0.1) is 10.2 Å². The zero-order chi connectivity index (χ0) is 21.0. The van der Waals surface area contributed by atoms with Crippen LogP contribution < -0.4 is 5.32 Å². The summed E-state index contributed by atoms with van der Waals surface area (Å²) in [5.41, 5.74) is 0.539. The molecule has 29 heavy (non-hydrogen) atoms. The van der Waals surface area contributed by atoms with E-state index >= 15 is 0 Å². The number of morpholine rings is 1. The number of amides is 1. The lowest BCUT2D eigenvalue weighted by molar-refractivity contribution is -0.113. The lowest BCUT2D eigenvalue weighted by Gasteiger charge is -2.26. The summed E-state index contributed by atoms with van der Waals surface area (Å²) in [7, 11) is -1.67. The number of rotatable bonds is 7. The van der Waals surface area contributed by atoms with E-state index in [1.807, 2.05) is 25.5 Å². The third-order valence-corrected chi connectivity index (χ3v) is 7.40. The van der Waals surface area contributed by atoms with E-state index in [1.165, 1.54) is 28.2 Å². The van der Waals surface area contributed by atoms with Crippen LogP contribution in [0.1, 0.15) is 25.6 Å². The highest BCUT2D eigenvalue weighted by Crippen LogP contribution is 2.21. The maximum absolute atomic E-state index is 12.6. The number of nitrogens with one attached hydrogen (secondary N) is 1. The third kappa shape index (κ3) is 5.16. The molecule has 0 aliphatic carbocycles. The average molecular weight is 440 g/mol. The molecule has 1 saturated heterocycles. The largest absolute Gasteiger partial charge is 0.379 e. The van der Waals surface area contributed by atoms with E-state index in [-0.39, 0.29) is 22.5 Å². The van der Waals surface area contributed by atoms with E-state index < -0.39 is 10.0 Å². The number of hydrogen-bond acceptors (Lipinski definition) is 7. The van der Waals surface area contributed by atoms with Crippen LogP contribution in [0, 0.1) is 0 Å². The first-order valence-electron chi connectivity index (χ1n) is 9.29. The number of hydrogen-bond donors (Lipinski definition) is 1. The number of sulfonamides is 1. The second kappa shape index (κ2) is 9.24. The topological polar surface area (TPSA) is 106 Å². The van der Waals surface area contributed by atoms with Gasteiger partial charge in [-0.25, -0.2) is 8.42 Å². The molecule has 9 nitrogen and oxygen atoms in total. The molecule has 1 aromatic carbocycles. The third-order valence-electron chi connectivity index (χ3n) is 4.46. The molecule has 0 atom stereocenters. The molecule has 1 aromatic heterocycles. The Labute approximate surface area is 174 Å². The predicted octanol–water partition coefficient (Wildman–Crippen LogP) is 1.69. The molecule has 0 spiro atoms. The van der Waals surface area contributed by atoms with E-state index in [9.17, 15) is 13.2 Å². The molecule has 3 rings (SSSR count). The Kier molecular flexibility index (Phi) is 6.93. The van der Waals surface area contributed by atoms with Gasteiger partial charge < -0.3 is 14.6 Å². The van der Waals surface area contributed by atoms with Crippen LogP contribution in [0.2, 0.25) is 0 Å². The molecule has 1 N–H and O–H groups in total. The molecule has 11 heteroatoms. The minimum absolute atomic E-state index is 0.178. The Bertz CT molecular complexity index is 951. The zero-order valence-corrected chi connectivity index (χ0v) is 18.3. The molecular formula is C18H25N5O4S2. The van der Waals surface area contributed by atoms with E-state index in [0.717, 1.165) is 5.82 Å². The standard InChI is InChI=1S/C18H25N5O4S2/c1-13(2)17-20-21-18(22(17)3)28-12-16(24)19-14-4-6-15(7-5-14)29(25,26)23-8-10-27-11-9-23/h4-7,13H,8-12H2,1-3H3,(H,19,24). The van der Waals surface area contributed by atoms with Gasteiger partial charge >= 0.3 is 0 Å². The van der Waals surface area contributed by atoms with Crippen molar-refractivity contribution in [3.8, 4) is 0 Å². The summed E-state index contributed by atoms with van der Waals surface area (Å²) in [5.74, 6) is 1.10. The summed E-state index contributed by atoms with van der Waals surface area (Å²) in [6.07, 6.45) is 0. The number of carbonyl (C=O) groups excluding carboxylic acids is 1. The summed E-state index contributed by atoms with van der Waals surface area (Å²) in [4.78, 5) is 12.4. The number of carbonyl (C=O) groups is 1. The van der Waals surface area contributed by atoms with Gasteiger partial charge in [0.25, 0.3) is 0 Å². The van der Waals surface area contributed by atoms with Crippen molar-refractivity contribution in [1.29, 1.82) is 0 Å². The van der Waals surface area contributed by atoms with Gasteiger partial charge in [0.05, 0.1) is 23.9 Å². The van der Waals surface area contributed by atoms with Crippen molar-refractivity contribution in [3.63, 3.8) is 0 Å². The number of benzene rings is 1. The normalized spacial score (nSPS) is 15.6. The van der Waals surface area contributed by atoms with Crippen LogP contribution in [0.3, 0.4) is 0 Å². The van der Waals surface area contributed by atoms with Gasteiger partial charge in [-0.2, -0.15) is 4.31 Å². The molecule has 1 fully saturated rings. The number of thioether (sulfide) groups is 1. The number of aromatic nitrogens is 3. The summed E-state index contributed by atoms with van der Waals surface area (Å²) in [6.45, 7) is 5.56. The molecule has 1 aliphatic heterocycles. The Morgan fingerprint density at radius 2 is 1.86 bits per heavy atom. The highest BCUT2D eigenvalue weighted by atomic mass is 32.2. The van der Waals surface area contributed by atoms with Crippen molar-refractivity contribution in [2.45, 2.75) is 29.8 Å². The Balaban J connectivity index is 1.57. The van der Waals surface area contributed by atoms with Gasteiger partial charge in [-0.1, -0.05) is 25.6 Å². The maximum Gasteiger partial charge on any atom is 0.243 e. The van der Waals surface area contributed by atoms with E-state index in [2.05, 4.69) is 15.5 Å². The molecule has 2 aromatic rings. The maximum atomic E-state index is 12.6. The first-order chi connectivity index (χ1) is 13.8. The van der Waals surface area contributed by atoms with Crippen LogP contribution in [0.25, 0.3) is 0 Å². The fourth-order valence-corrected chi connectivity index (χ4v) is 5.05. The molecule has 2 heterocycles. The number of ether oxygens (including phenoxy) is 1. The SMILES string of the molecule is CC(C)c1nnc(SCC(=O)Nc2ccc(S(=O)(=O)N3CCOCC3)cc2)n1C. The van der Waals surface area contributed by atoms with Gasteiger partial charge in [-0.05, 0) is 24.3 Å². The van der Waals surface area contributed by atoms with E-state index in [0.29, 0.717) is 37.1 Å². The lowest BCUT2D eigenvalue weighted by atomic mass is 10.2.